The molecule has 1 aromatic rings. The molecule has 21 heavy (non-hydrogen) atoms. The fourth-order valence-corrected chi connectivity index (χ4v) is 1.91. The van der Waals surface area contributed by atoms with Crippen LogP contribution in [-0.2, 0) is 4.79 Å². The topological polar surface area (TPSA) is 92.9 Å². The van der Waals surface area contributed by atoms with E-state index in [2.05, 4.69) is 0 Å². The van der Waals surface area contributed by atoms with Gasteiger partial charge >= 0.3 is 11.7 Å². The second kappa shape index (κ2) is 8.08. The second-order valence-electron chi connectivity index (χ2n) is 4.57. The summed E-state index contributed by atoms with van der Waals surface area (Å²) in [5, 5.41) is 19.9. The normalized spacial score (nSPS) is 10.2. The van der Waals surface area contributed by atoms with Crippen LogP contribution in [0.25, 0.3) is 0 Å². The number of nitro groups is 1. The summed E-state index contributed by atoms with van der Waals surface area (Å²) in [7, 11) is 0. The van der Waals surface area contributed by atoms with Gasteiger partial charge in [-0.1, -0.05) is 13.8 Å². The summed E-state index contributed by atoms with van der Waals surface area (Å²) in [6.07, 6.45) is 1.50. The Labute approximate surface area is 123 Å². The molecule has 0 amide bonds. The molecule has 1 rings (SSSR count). The molecule has 0 fully saturated rings. The summed E-state index contributed by atoms with van der Waals surface area (Å²) in [4.78, 5) is 23.0. The average molecular weight is 296 g/mol. The van der Waals surface area contributed by atoms with Crippen LogP contribution in [0.3, 0.4) is 0 Å². The molecule has 0 bridgehead atoms. The molecule has 7 nitrogen and oxygen atoms in total. The van der Waals surface area contributed by atoms with E-state index < -0.39 is 10.9 Å². The van der Waals surface area contributed by atoms with Crippen LogP contribution in [0.5, 0.6) is 5.75 Å². The van der Waals surface area contributed by atoms with E-state index in [1.807, 2.05) is 13.8 Å². The molecule has 0 saturated carbocycles. The van der Waals surface area contributed by atoms with E-state index >= 15 is 0 Å². The Hall–Kier alpha value is -2.31. The Kier molecular flexibility index (Phi) is 6.45. The van der Waals surface area contributed by atoms with E-state index in [9.17, 15) is 14.9 Å². The monoisotopic (exact) mass is 296 g/mol. The fourth-order valence-electron chi connectivity index (χ4n) is 1.91. The van der Waals surface area contributed by atoms with Crippen LogP contribution >= 0.6 is 0 Å². The molecule has 116 valence electrons. The van der Waals surface area contributed by atoms with Crippen LogP contribution in [0.2, 0.25) is 0 Å². The van der Waals surface area contributed by atoms with E-state index in [4.69, 9.17) is 9.84 Å². The van der Waals surface area contributed by atoms with Crippen molar-refractivity contribution in [2.24, 2.45) is 0 Å². The number of hydrogen-bond acceptors (Lipinski definition) is 5. The predicted octanol–water partition coefficient (Wildman–Crippen LogP) is 2.68. The Morgan fingerprint density at radius 2 is 2.10 bits per heavy atom. The van der Waals surface area contributed by atoms with Crippen molar-refractivity contribution in [3.8, 4) is 5.75 Å². The maximum absolute atomic E-state index is 11.0. The van der Waals surface area contributed by atoms with Gasteiger partial charge in [-0.3, -0.25) is 14.9 Å². The number of carbonyl (C=O) groups is 1. The quantitative estimate of drug-likeness (QED) is 0.556. The van der Waals surface area contributed by atoms with E-state index in [1.54, 1.807) is 11.0 Å². The fraction of sp³-hybridized carbons (Fsp3) is 0.500. The molecule has 0 aliphatic carbocycles. The maximum atomic E-state index is 11.0. The van der Waals surface area contributed by atoms with Crippen molar-refractivity contribution in [1.29, 1.82) is 0 Å². The molecule has 0 heterocycles. The van der Waals surface area contributed by atoms with Gasteiger partial charge in [-0.05, 0) is 18.9 Å². The van der Waals surface area contributed by atoms with Gasteiger partial charge < -0.3 is 14.7 Å². The number of anilines is 1. The summed E-state index contributed by atoms with van der Waals surface area (Å²) in [6.45, 7) is 4.62. The zero-order valence-corrected chi connectivity index (χ0v) is 12.2. The van der Waals surface area contributed by atoms with Gasteiger partial charge in [0.2, 0.25) is 0 Å². The van der Waals surface area contributed by atoms with Crippen molar-refractivity contribution in [3.63, 3.8) is 0 Å². The van der Waals surface area contributed by atoms with Gasteiger partial charge in [0.05, 0.1) is 11.5 Å². The van der Waals surface area contributed by atoms with Crippen molar-refractivity contribution in [1.82, 2.24) is 0 Å². The summed E-state index contributed by atoms with van der Waals surface area (Å²) >= 11 is 0. The van der Waals surface area contributed by atoms with E-state index in [1.165, 1.54) is 12.1 Å². The molecule has 0 spiro atoms. The highest BCUT2D eigenvalue weighted by Crippen LogP contribution is 2.32. The number of carboxylic acid groups (broad SMARTS) is 1. The Morgan fingerprint density at radius 3 is 2.62 bits per heavy atom. The van der Waals surface area contributed by atoms with Crippen molar-refractivity contribution >= 4 is 17.3 Å². The van der Waals surface area contributed by atoms with Gasteiger partial charge in [0.15, 0.2) is 5.75 Å². The van der Waals surface area contributed by atoms with Gasteiger partial charge in [0.1, 0.15) is 6.54 Å². The lowest BCUT2D eigenvalue weighted by molar-refractivity contribution is -0.385. The SMILES string of the molecule is CCCOc1cc(N(CCC)CC(=O)O)ccc1[N+](=O)[O-]. The zero-order valence-electron chi connectivity index (χ0n) is 12.2. The molecule has 1 aromatic carbocycles. The highest BCUT2D eigenvalue weighted by atomic mass is 16.6. The third kappa shape index (κ3) is 4.94. The molecule has 0 saturated heterocycles. The van der Waals surface area contributed by atoms with E-state index in [-0.39, 0.29) is 18.0 Å². The number of nitro benzene ring substituents is 1. The lowest BCUT2D eigenvalue weighted by atomic mass is 10.2. The number of hydrogen-bond donors (Lipinski definition) is 1. The Morgan fingerprint density at radius 1 is 1.38 bits per heavy atom. The number of aliphatic carboxylic acids is 1. The minimum absolute atomic E-state index is 0.112. The lowest BCUT2D eigenvalue weighted by Crippen LogP contribution is -2.30. The number of rotatable bonds is 9. The highest BCUT2D eigenvalue weighted by molar-refractivity contribution is 5.74. The Bertz CT molecular complexity index is 504. The molecule has 7 heteroatoms. The maximum Gasteiger partial charge on any atom is 0.323 e. The lowest BCUT2D eigenvalue weighted by Gasteiger charge is -2.22. The van der Waals surface area contributed by atoms with Crippen LogP contribution in [0.1, 0.15) is 26.7 Å². The smallest absolute Gasteiger partial charge is 0.323 e. The third-order valence-corrected chi connectivity index (χ3v) is 2.79. The molecular weight excluding hydrogens is 276 g/mol. The van der Waals surface area contributed by atoms with Crippen LogP contribution in [0.4, 0.5) is 11.4 Å². The number of carboxylic acids is 1. The number of benzene rings is 1. The number of nitrogens with zero attached hydrogens (tertiary/aromatic N) is 2. The third-order valence-electron chi connectivity index (χ3n) is 2.79. The first-order chi connectivity index (χ1) is 9.99. The first-order valence-electron chi connectivity index (χ1n) is 6.87. The minimum atomic E-state index is -0.946. The molecule has 0 unspecified atom stereocenters. The van der Waals surface area contributed by atoms with Gasteiger partial charge in [0, 0.05) is 24.4 Å². The summed E-state index contributed by atoms with van der Waals surface area (Å²) in [6, 6.07) is 4.44. The van der Waals surface area contributed by atoms with Crippen LogP contribution < -0.4 is 9.64 Å². The molecule has 0 aromatic heterocycles. The first-order valence-corrected chi connectivity index (χ1v) is 6.87. The van der Waals surface area contributed by atoms with Crippen LogP contribution in [0.15, 0.2) is 18.2 Å². The summed E-state index contributed by atoms with van der Waals surface area (Å²) < 4.78 is 5.41. The standard InChI is InChI=1S/C14H20N2O5/c1-3-7-15(10-14(17)18)11-5-6-12(16(19)20)13(9-11)21-8-4-2/h5-6,9H,3-4,7-8,10H2,1-2H3,(H,17,18). The minimum Gasteiger partial charge on any atom is -0.487 e. The molecule has 0 atom stereocenters. The average Bonchev–Trinajstić information content (AvgIpc) is 2.43. The Balaban J connectivity index is 3.10. The van der Waals surface area contributed by atoms with Gasteiger partial charge in [-0.15, -0.1) is 0 Å². The van der Waals surface area contributed by atoms with E-state index in [0.717, 1.165) is 12.8 Å². The van der Waals surface area contributed by atoms with Crippen molar-refractivity contribution in [2.45, 2.75) is 26.7 Å². The molecule has 0 aliphatic heterocycles. The van der Waals surface area contributed by atoms with Crippen molar-refractivity contribution < 1.29 is 19.6 Å². The molecule has 1 N–H and O–H groups in total. The summed E-state index contributed by atoms with van der Waals surface area (Å²) in [5.74, 6) is -0.774. The van der Waals surface area contributed by atoms with Crippen molar-refractivity contribution in [2.75, 3.05) is 24.6 Å². The second-order valence-corrected chi connectivity index (χ2v) is 4.57. The van der Waals surface area contributed by atoms with Gasteiger partial charge in [-0.25, -0.2) is 0 Å². The molecular formula is C14H20N2O5. The summed E-state index contributed by atoms with van der Waals surface area (Å²) in [5.41, 5.74) is 0.495. The highest BCUT2D eigenvalue weighted by Gasteiger charge is 2.18. The van der Waals surface area contributed by atoms with Crippen LogP contribution in [-0.4, -0.2) is 35.7 Å². The van der Waals surface area contributed by atoms with Gasteiger partial charge in [0.25, 0.3) is 0 Å². The number of ether oxygens (including phenoxy) is 1. The van der Waals surface area contributed by atoms with Crippen molar-refractivity contribution in [3.05, 3.63) is 28.3 Å². The molecule has 0 aliphatic rings. The predicted molar refractivity (Wildman–Crippen MR) is 79.0 cm³/mol. The molecule has 0 radical (unpaired) electrons. The first kappa shape index (κ1) is 16.7. The van der Waals surface area contributed by atoms with Crippen LogP contribution in [0, 0.1) is 10.1 Å². The largest absolute Gasteiger partial charge is 0.487 e. The van der Waals surface area contributed by atoms with E-state index in [0.29, 0.717) is 18.8 Å². The zero-order chi connectivity index (χ0) is 15.8. The van der Waals surface area contributed by atoms with Gasteiger partial charge in [-0.2, -0.15) is 0 Å².